The molecule has 1 aliphatic rings. The Morgan fingerprint density at radius 2 is 1.65 bits per heavy atom. The van der Waals surface area contributed by atoms with E-state index in [1.807, 2.05) is 0 Å². The van der Waals surface area contributed by atoms with Crippen LogP contribution >= 0.6 is 0 Å². The first-order chi connectivity index (χ1) is 12.7. The van der Waals surface area contributed by atoms with Gasteiger partial charge >= 0.3 is 0 Å². The van der Waals surface area contributed by atoms with Crippen molar-refractivity contribution < 1.29 is 4.74 Å². The van der Waals surface area contributed by atoms with Gasteiger partial charge in [0.15, 0.2) is 5.96 Å². The molecule has 1 saturated heterocycles. The summed E-state index contributed by atoms with van der Waals surface area (Å²) < 4.78 is 5.07. The molecule has 0 aromatic heterocycles. The van der Waals surface area contributed by atoms with E-state index in [1.165, 1.54) is 37.3 Å². The third kappa shape index (κ3) is 7.32. The molecule has 1 aromatic carbocycles. The first-order valence-electron chi connectivity index (χ1n) is 9.78. The summed E-state index contributed by atoms with van der Waals surface area (Å²) in [7, 11) is 1.71. The van der Waals surface area contributed by atoms with Gasteiger partial charge in [0.25, 0.3) is 0 Å². The van der Waals surface area contributed by atoms with Crippen molar-refractivity contribution in [2.45, 2.75) is 26.9 Å². The van der Waals surface area contributed by atoms with Crippen molar-refractivity contribution in [2.24, 2.45) is 4.99 Å². The standard InChI is InChI=1S/C20H35N5O/c1-4-21-20(22-10-15-26-3)23-16-18-6-8-19(9-7-18)17-25-13-11-24(5-2)12-14-25/h6-9H,4-5,10-17H2,1-3H3,(H2,21,22,23). The molecule has 2 N–H and O–H groups in total. The molecular formula is C20H35N5O. The SMILES string of the molecule is CCNC(=NCc1ccc(CN2CCN(CC)CC2)cc1)NCCOC. The number of aliphatic imine (C=N–C) groups is 1. The molecule has 146 valence electrons. The lowest BCUT2D eigenvalue weighted by atomic mass is 10.1. The van der Waals surface area contributed by atoms with Gasteiger partial charge in [0.05, 0.1) is 13.2 Å². The maximum Gasteiger partial charge on any atom is 0.191 e. The molecule has 6 heteroatoms. The summed E-state index contributed by atoms with van der Waals surface area (Å²) in [5.41, 5.74) is 2.61. The molecule has 0 amide bonds. The van der Waals surface area contributed by atoms with E-state index >= 15 is 0 Å². The largest absolute Gasteiger partial charge is 0.383 e. The van der Waals surface area contributed by atoms with E-state index in [1.54, 1.807) is 7.11 Å². The molecular weight excluding hydrogens is 326 g/mol. The highest BCUT2D eigenvalue weighted by Crippen LogP contribution is 2.11. The second-order valence-electron chi connectivity index (χ2n) is 6.64. The smallest absolute Gasteiger partial charge is 0.191 e. The molecule has 0 radical (unpaired) electrons. The minimum absolute atomic E-state index is 0.672. The minimum Gasteiger partial charge on any atom is -0.383 e. The molecule has 2 rings (SSSR count). The van der Waals surface area contributed by atoms with Crippen LogP contribution in [0.1, 0.15) is 25.0 Å². The average Bonchev–Trinajstić information content (AvgIpc) is 2.68. The van der Waals surface area contributed by atoms with E-state index < -0.39 is 0 Å². The van der Waals surface area contributed by atoms with Crippen LogP contribution in [0.2, 0.25) is 0 Å². The Balaban J connectivity index is 1.81. The number of piperazine rings is 1. The fourth-order valence-corrected chi connectivity index (χ4v) is 3.06. The Morgan fingerprint density at radius 1 is 1.00 bits per heavy atom. The molecule has 0 spiro atoms. The van der Waals surface area contributed by atoms with E-state index in [0.717, 1.165) is 32.1 Å². The van der Waals surface area contributed by atoms with E-state index in [9.17, 15) is 0 Å². The Labute approximate surface area is 158 Å². The maximum atomic E-state index is 5.07. The van der Waals surface area contributed by atoms with Gasteiger partial charge in [-0.15, -0.1) is 0 Å². The molecule has 0 saturated carbocycles. The summed E-state index contributed by atoms with van der Waals surface area (Å²) in [4.78, 5) is 9.70. The summed E-state index contributed by atoms with van der Waals surface area (Å²) in [6.07, 6.45) is 0. The van der Waals surface area contributed by atoms with Crippen LogP contribution in [0.5, 0.6) is 0 Å². The lowest BCUT2D eigenvalue weighted by molar-refractivity contribution is 0.132. The quantitative estimate of drug-likeness (QED) is 0.397. The van der Waals surface area contributed by atoms with Gasteiger partial charge in [0.1, 0.15) is 0 Å². The predicted molar refractivity (Wildman–Crippen MR) is 109 cm³/mol. The van der Waals surface area contributed by atoms with Crippen LogP contribution in [0, 0.1) is 0 Å². The van der Waals surface area contributed by atoms with Gasteiger partial charge in [-0.2, -0.15) is 0 Å². The number of nitrogens with one attached hydrogen (secondary N) is 2. The summed E-state index contributed by atoms with van der Waals surface area (Å²) >= 11 is 0. The molecule has 1 heterocycles. The summed E-state index contributed by atoms with van der Waals surface area (Å²) in [5, 5.41) is 6.53. The average molecular weight is 362 g/mol. The highest BCUT2D eigenvalue weighted by molar-refractivity contribution is 5.79. The third-order valence-corrected chi connectivity index (χ3v) is 4.70. The van der Waals surface area contributed by atoms with Crippen LogP contribution in [0.3, 0.4) is 0 Å². The van der Waals surface area contributed by atoms with Gasteiger partial charge in [-0.3, -0.25) is 4.90 Å². The monoisotopic (exact) mass is 361 g/mol. The minimum atomic E-state index is 0.672. The zero-order valence-electron chi connectivity index (χ0n) is 16.6. The second kappa shape index (κ2) is 11.9. The molecule has 0 atom stereocenters. The number of likely N-dealkylation sites (N-methyl/N-ethyl adjacent to an activating group) is 1. The number of guanidine groups is 1. The van der Waals surface area contributed by atoms with Crippen LogP contribution in [0.4, 0.5) is 0 Å². The van der Waals surface area contributed by atoms with Crippen LogP contribution in [-0.2, 0) is 17.8 Å². The summed E-state index contributed by atoms with van der Waals surface area (Å²) in [6, 6.07) is 8.87. The number of benzene rings is 1. The van der Waals surface area contributed by atoms with Crippen LogP contribution < -0.4 is 10.6 Å². The van der Waals surface area contributed by atoms with E-state index in [2.05, 4.69) is 63.5 Å². The Kier molecular flexibility index (Phi) is 9.45. The van der Waals surface area contributed by atoms with Crippen molar-refractivity contribution in [3.05, 3.63) is 35.4 Å². The Hall–Kier alpha value is -1.63. The first kappa shape index (κ1) is 20.7. The zero-order chi connectivity index (χ0) is 18.6. The van der Waals surface area contributed by atoms with Crippen molar-refractivity contribution in [2.75, 3.05) is 59.5 Å². The molecule has 6 nitrogen and oxygen atoms in total. The van der Waals surface area contributed by atoms with Crippen molar-refractivity contribution in [1.82, 2.24) is 20.4 Å². The van der Waals surface area contributed by atoms with E-state index in [4.69, 9.17) is 4.74 Å². The second-order valence-corrected chi connectivity index (χ2v) is 6.64. The van der Waals surface area contributed by atoms with Crippen LogP contribution in [0.25, 0.3) is 0 Å². The number of hydrogen-bond donors (Lipinski definition) is 2. The van der Waals surface area contributed by atoms with Gasteiger partial charge in [-0.05, 0) is 24.6 Å². The zero-order valence-corrected chi connectivity index (χ0v) is 16.6. The lowest BCUT2D eigenvalue weighted by Crippen LogP contribution is -2.45. The maximum absolute atomic E-state index is 5.07. The molecule has 26 heavy (non-hydrogen) atoms. The summed E-state index contributed by atoms with van der Waals surface area (Å²) in [6.45, 7) is 14.2. The fraction of sp³-hybridized carbons (Fsp3) is 0.650. The topological polar surface area (TPSA) is 52.1 Å². The summed E-state index contributed by atoms with van der Waals surface area (Å²) in [5.74, 6) is 0.836. The number of hydrogen-bond acceptors (Lipinski definition) is 4. The number of nitrogens with zero attached hydrogens (tertiary/aromatic N) is 3. The lowest BCUT2D eigenvalue weighted by Gasteiger charge is -2.34. The molecule has 0 aliphatic carbocycles. The number of rotatable bonds is 9. The Morgan fingerprint density at radius 3 is 2.27 bits per heavy atom. The highest BCUT2D eigenvalue weighted by atomic mass is 16.5. The molecule has 0 bridgehead atoms. The molecule has 0 unspecified atom stereocenters. The van der Waals surface area contributed by atoms with E-state index in [0.29, 0.717) is 13.2 Å². The van der Waals surface area contributed by atoms with Gasteiger partial charge < -0.3 is 20.3 Å². The third-order valence-electron chi connectivity index (χ3n) is 4.70. The van der Waals surface area contributed by atoms with Gasteiger partial charge in [0.2, 0.25) is 0 Å². The Bertz CT molecular complexity index is 524. The number of ether oxygens (including phenoxy) is 1. The van der Waals surface area contributed by atoms with E-state index in [-0.39, 0.29) is 0 Å². The highest BCUT2D eigenvalue weighted by Gasteiger charge is 2.15. The normalized spacial score (nSPS) is 16.7. The van der Waals surface area contributed by atoms with Gasteiger partial charge in [-0.1, -0.05) is 31.2 Å². The van der Waals surface area contributed by atoms with Crippen molar-refractivity contribution in [3.63, 3.8) is 0 Å². The predicted octanol–water partition coefficient (Wildman–Crippen LogP) is 1.53. The molecule has 1 fully saturated rings. The van der Waals surface area contributed by atoms with Crippen molar-refractivity contribution in [3.8, 4) is 0 Å². The fourth-order valence-electron chi connectivity index (χ4n) is 3.06. The molecule has 1 aromatic rings. The van der Waals surface area contributed by atoms with Gasteiger partial charge in [0, 0.05) is 52.9 Å². The van der Waals surface area contributed by atoms with Crippen molar-refractivity contribution in [1.29, 1.82) is 0 Å². The van der Waals surface area contributed by atoms with Crippen LogP contribution in [-0.4, -0.2) is 75.3 Å². The molecule has 1 aliphatic heterocycles. The number of methoxy groups -OCH3 is 1. The van der Waals surface area contributed by atoms with Crippen molar-refractivity contribution >= 4 is 5.96 Å². The van der Waals surface area contributed by atoms with Crippen LogP contribution in [0.15, 0.2) is 29.3 Å². The van der Waals surface area contributed by atoms with Gasteiger partial charge in [-0.25, -0.2) is 4.99 Å². The first-order valence-corrected chi connectivity index (χ1v) is 9.78.